The van der Waals surface area contributed by atoms with Crippen molar-refractivity contribution in [2.75, 3.05) is 7.11 Å². The molecule has 0 saturated heterocycles. The van der Waals surface area contributed by atoms with Crippen molar-refractivity contribution in [3.63, 3.8) is 0 Å². The van der Waals surface area contributed by atoms with Crippen molar-refractivity contribution in [3.05, 3.63) is 0 Å². The van der Waals surface area contributed by atoms with E-state index in [4.69, 9.17) is 5.26 Å². The molecule has 0 aromatic carbocycles. The molecule has 0 aromatic heterocycles. The monoisotopic (exact) mass is 91.0 g/mol. The Labute approximate surface area is 35.8 Å². The normalized spacial score (nSPS) is 8.33. The molecular formula is CH4BO4. The Hall–Kier alpha value is -0.0951. The number of hydrogen-bond donors (Lipinski definition) is 1. The zero-order valence-corrected chi connectivity index (χ0v) is 3.25. The summed E-state index contributed by atoms with van der Waals surface area (Å²) in [7, 11) is 1.93. The third-order valence-electron chi connectivity index (χ3n) is 0.179. The lowest BCUT2D eigenvalue weighted by molar-refractivity contribution is -0.233. The Bertz CT molecular complexity index is 19.5. The predicted octanol–water partition coefficient (Wildman–Crippen LogP) is -0.412. The maximum absolute atomic E-state index is 7.44. The molecule has 0 rings (SSSR count). The molecule has 0 aromatic rings. The Morgan fingerprint density at radius 2 is 2.33 bits per heavy atom. The topological polar surface area (TPSA) is 47.9 Å². The van der Waals surface area contributed by atoms with Gasteiger partial charge in [0.15, 0.2) is 0 Å². The van der Waals surface area contributed by atoms with Gasteiger partial charge in [-0.25, -0.2) is 0 Å². The van der Waals surface area contributed by atoms with E-state index in [9.17, 15) is 0 Å². The van der Waals surface area contributed by atoms with E-state index in [0.717, 1.165) is 0 Å². The minimum absolute atomic E-state index is 0.639. The highest BCUT2D eigenvalue weighted by atomic mass is 17.2. The van der Waals surface area contributed by atoms with Crippen LogP contribution in [0.2, 0.25) is 0 Å². The minimum Gasteiger partial charge on any atom is -0.266 e. The van der Waals surface area contributed by atoms with Gasteiger partial charge in [-0.3, -0.25) is 19.8 Å². The Morgan fingerprint density at radius 3 is 2.50 bits per heavy atom. The second-order valence-electron chi connectivity index (χ2n) is 0.465. The highest BCUT2D eigenvalue weighted by Crippen LogP contribution is 1.64. The molecule has 0 aliphatic rings. The number of rotatable bonds is 3. The first-order valence-corrected chi connectivity index (χ1v) is 1.23. The Morgan fingerprint density at radius 1 is 1.67 bits per heavy atom. The van der Waals surface area contributed by atoms with Crippen LogP contribution in [0.15, 0.2) is 0 Å². The lowest BCUT2D eigenvalue weighted by Crippen LogP contribution is -1.98. The molecule has 1 radical (unpaired) electrons. The lowest BCUT2D eigenvalue weighted by Gasteiger charge is -1.87. The van der Waals surface area contributed by atoms with E-state index in [2.05, 4.69) is 14.5 Å². The molecule has 0 bridgehead atoms. The van der Waals surface area contributed by atoms with E-state index in [0.29, 0.717) is 7.69 Å². The molecule has 5 heteroatoms. The predicted molar refractivity (Wildman–Crippen MR) is 17.6 cm³/mol. The van der Waals surface area contributed by atoms with Crippen LogP contribution < -0.4 is 0 Å². The van der Waals surface area contributed by atoms with Crippen LogP contribution in [0, 0.1) is 0 Å². The fraction of sp³-hybridized carbons (Fsp3) is 1.00. The van der Waals surface area contributed by atoms with E-state index in [1.54, 1.807) is 0 Å². The Balaban J connectivity index is 2.34. The van der Waals surface area contributed by atoms with E-state index < -0.39 is 0 Å². The molecule has 0 aliphatic heterocycles. The van der Waals surface area contributed by atoms with E-state index >= 15 is 0 Å². The molecule has 0 amide bonds. The van der Waals surface area contributed by atoms with E-state index in [1.807, 2.05) is 0 Å². The van der Waals surface area contributed by atoms with Gasteiger partial charge in [0.25, 0.3) is 0 Å². The number of hydrogen-bond acceptors (Lipinski definition) is 4. The van der Waals surface area contributed by atoms with Crippen LogP contribution in [-0.4, -0.2) is 20.1 Å². The van der Waals surface area contributed by atoms with Gasteiger partial charge in [0, 0.05) is 0 Å². The molecule has 0 unspecified atom stereocenters. The van der Waals surface area contributed by atoms with E-state index in [-0.39, 0.29) is 0 Å². The van der Waals surface area contributed by atoms with Crippen molar-refractivity contribution in [1.29, 1.82) is 0 Å². The molecule has 1 N–H and O–H groups in total. The smallest absolute Gasteiger partial charge is 0.266 e. The van der Waals surface area contributed by atoms with Crippen LogP contribution >= 0.6 is 0 Å². The van der Waals surface area contributed by atoms with Crippen molar-refractivity contribution < 1.29 is 19.8 Å². The summed E-state index contributed by atoms with van der Waals surface area (Å²) < 4.78 is 0. The third kappa shape index (κ3) is 3.90. The molecule has 6 heavy (non-hydrogen) atoms. The minimum atomic E-state index is 0.639. The zero-order chi connectivity index (χ0) is 4.83. The first-order valence-electron chi connectivity index (χ1n) is 1.23. The molecule has 0 spiro atoms. The largest absolute Gasteiger partial charge is 0.558 e. The van der Waals surface area contributed by atoms with Crippen molar-refractivity contribution in [2.24, 2.45) is 0 Å². The molecule has 0 saturated carbocycles. The quantitative estimate of drug-likeness (QED) is 0.222. The molecule has 0 heterocycles. The Kier molecular flexibility index (Phi) is 4.83. The van der Waals surface area contributed by atoms with Gasteiger partial charge in [0.1, 0.15) is 0 Å². The van der Waals surface area contributed by atoms with Crippen molar-refractivity contribution in [3.8, 4) is 0 Å². The first-order chi connectivity index (χ1) is 2.91. The van der Waals surface area contributed by atoms with Crippen LogP contribution in [0.4, 0.5) is 0 Å². The highest BCUT2D eigenvalue weighted by Gasteiger charge is 1.85. The van der Waals surface area contributed by atoms with Crippen molar-refractivity contribution in [2.45, 2.75) is 0 Å². The van der Waals surface area contributed by atoms with Crippen LogP contribution in [0.5, 0.6) is 0 Å². The molecule has 0 fully saturated rings. The average Bonchev–Trinajstić information content (AvgIpc) is 1.61. The highest BCUT2D eigenvalue weighted by molar-refractivity contribution is 6.16. The first kappa shape index (κ1) is 5.90. The summed E-state index contributed by atoms with van der Waals surface area (Å²) in [5.41, 5.74) is 0. The van der Waals surface area contributed by atoms with Crippen LogP contribution in [-0.2, 0) is 14.5 Å². The van der Waals surface area contributed by atoms with Gasteiger partial charge in [-0.1, -0.05) is 0 Å². The average molecular weight is 90.9 g/mol. The fourth-order valence-electron chi connectivity index (χ4n) is 0.0569. The van der Waals surface area contributed by atoms with Crippen LogP contribution in [0.25, 0.3) is 0 Å². The molecule has 4 nitrogen and oxygen atoms in total. The molecule has 35 valence electrons. The van der Waals surface area contributed by atoms with E-state index in [1.165, 1.54) is 7.11 Å². The lowest BCUT2D eigenvalue weighted by atomic mass is 10.4. The SMILES string of the molecule is COO[B]OO. The van der Waals surface area contributed by atoms with Gasteiger partial charge >= 0.3 is 7.69 Å². The van der Waals surface area contributed by atoms with Gasteiger partial charge in [0.05, 0.1) is 7.11 Å². The summed E-state index contributed by atoms with van der Waals surface area (Å²) in [6.45, 7) is 0. The maximum Gasteiger partial charge on any atom is 0.558 e. The summed E-state index contributed by atoms with van der Waals surface area (Å²) in [6, 6.07) is 0. The van der Waals surface area contributed by atoms with Gasteiger partial charge in [0.2, 0.25) is 0 Å². The summed E-state index contributed by atoms with van der Waals surface area (Å²) in [4.78, 5) is 11.1. The molecular weight excluding hydrogens is 86.8 g/mol. The second-order valence-corrected chi connectivity index (χ2v) is 0.465. The maximum atomic E-state index is 7.44. The summed E-state index contributed by atoms with van der Waals surface area (Å²) >= 11 is 0. The standard InChI is InChI=1S/CH4BO4/c1-4-6-2-5-3/h3H,1H3. The summed E-state index contributed by atoms with van der Waals surface area (Å²) in [5.74, 6) is 0. The molecule has 0 aliphatic carbocycles. The fourth-order valence-corrected chi connectivity index (χ4v) is 0.0569. The van der Waals surface area contributed by atoms with Gasteiger partial charge in [-0.05, 0) is 0 Å². The molecule has 0 atom stereocenters. The van der Waals surface area contributed by atoms with Crippen LogP contribution in [0.1, 0.15) is 0 Å². The summed E-state index contributed by atoms with van der Waals surface area (Å²) in [5, 5.41) is 7.44. The van der Waals surface area contributed by atoms with Gasteiger partial charge in [-0.15, -0.1) is 0 Å². The van der Waals surface area contributed by atoms with Crippen molar-refractivity contribution in [1.82, 2.24) is 0 Å². The van der Waals surface area contributed by atoms with Gasteiger partial charge in [-0.2, -0.15) is 0 Å². The van der Waals surface area contributed by atoms with Gasteiger partial charge < -0.3 is 0 Å². The zero-order valence-electron chi connectivity index (χ0n) is 3.25. The van der Waals surface area contributed by atoms with Crippen LogP contribution in [0.3, 0.4) is 0 Å². The third-order valence-corrected chi connectivity index (χ3v) is 0.179. The summed E-state index contributed by atoms with van der Waals surface area (Å²) in [6.07, 6.45) is 0. The van der Waals surface area contributed by atoms with Crippen molar-refractivity contribution >= 4 is 7.69 Å². The second kappa shape index (κ2) is 4.90.